The summed E-state index contributed by atoms with van der Waals surface area (Å²) in [5.41, 5.74) is -0.910. The van der Waals surface area contributed by atoms with E-state index in [-0.39, 0.29) is 41.7 Å². The van der Waals surface area contributed by atoms with Gasteiger partial charge in [0.25, 0.3) is 17.4 Å². The van der Waals surface area contributed by atoms with Gasteiger partial charge < -0.3 is 15.1 Å². The van der Waals surface area contributed by atoms with Gasteiger partial charge >= 0.3 is 0 Å². The van der Waals surface area contributed by atoms with Gasteiger partial charge in [-0.25, -0.2) is 4.39 Å². The van der Waals surface area contributed by atoms with Crippen LogP contribution in [-0.2, 0) is 18.6 Å². The van der Waals surface area contributed by atoms with Gasteiger partial charge in [0, 0.05) is 24.6 Å². The molecule has 0 radical (unpaired) electrons. The van der Waals surface area contributed by atoms with E-state index >= 15 is 0 Å². The average Bonchev–Trinajstić information content (AvgIpc) is 3.42. The Kier molecular flexibility index (Phi) is 4.48. The van der Waals surface area contributed by atoms with Crippen LogP contribution in [0, 0.1) is 17.7 Å². The van der Waals surface area contributed by atoms with Crippen molar-refractivity contribution in [1.82, 2.24) is 14.4 Å². The van der Waals surface area contributed by atoms with Gasteiger partial charge in [-0.05, 0) is 56.2 Å². The fourth-order valence-electron chi connectivity index (χ4n) is 6.48. The maximum Gasteiger partial charge on any atom is 0.296 e. The molecule has 2 aliphatic carbocycles. The minimum Gasteiger partial charge on any atom is -0.502 e. The first-order valence-electron chi connectivity index (χ1n) is 11.4. The smallest absolute Gasteiger partial charge is 0.296 e. The van der Waals surface area contributed by atoms with Gasteiger partial charge in [0.15, 0.2) is 5.75 Å². The zero-order valence-electron chi connectivity index (χ0n) is 18.4. The quantitative estimate of drug-likeness (QED) is 0.692. The summed E-state index contributed by atoms with van der Waals surface area (Å²) in [7, 11) is 0. The first-order valence-corrected chi connectivity index (χ1v) is 11.8. The number of aliphatic hydroxyl groups excluding tert-OH is 1. The summed E-state index contributed by atoms with van der Waals surface area (Å²) in [6, 6.07) is 4.16. The van der Waals surface area contributed by atoms with Crippen molar-refractivity contribution in [1.29, 1.82) is 0 Å². The Labute approximate surface area is 199 Å². The molecule has 2 fully saturated rings. The van der Waals surface area contributed by atoms with Gasteiger partial charge in [0.2, 0.25) is 0 Å². The first kappa shape index (κ1) is 21.6. The van der Waals surface area contributed by atoms with E-state index in [1.54, 1.807) is 0 Å². The van der Waals surface area contributed by atoms with Gasteiger partial charge in [0.1, 0.15) is 23.4 Å². The number of benzene rings is 1. The minimum atomic E-state index is -1.12. The Balaban J connectivity index is 1.47. The van der Waals surface area contributed by atoms with Crippen molar-refractivity contribution in [3.63, 3.8) is 0 Å². The number of halogens is 2. The van der Waals surface area contributed by atoms with Crippen LogP contribution in [0.15, 0.2) is 23.0 Å². The number of hydrogen-bond acceptors (Lipinski definition) is 5. The molecule has 2 saturated carbocycles. The number of aromatic hydroxyl groups is 1. The lowest BCUT2D eigenvalue weighted by molar-refractivity contribution is -0.0649. The Morgan fingerprint density at radius 2 is 2.03 bits per heavy atom. The number of pyridine rings is 1. The van der Waals surface area contributed by atoms with Crippen molar-refractivity contribution in [3.05, 3.63) is 61.8 Å². The van der Waals surface area contributed by atoms with Gasteiger partial charge in [-0.1, -0.05) is 17.7 Å². The summed E-state index contributed by atoms with van der Waals surface area (Å²) >= 11 is 5.86. The molecule has 1 spiro atoms. The van der Waals surface area contributed by atoms with Gasteiger partial charge in [-0.2, -0.15) is 0 Å². The van der Waals surface area contributed by atoms with E-state index in [9.17, 15) is 29.0 Å². The highest BCUT2D eigenvalue weighted by Crippen LogP contribution is 2.64. The SMILES string of the molecule is C[C@H](O)N1C(=O)c2c3c(c(O)c(=O)n2[C@]12CC[C@H]1C[C@H]12)C(=O)N(Cc1ccc(F)c(Cl)c1)CC3. The third-order valence-electron chi connectivity index (χ3n) is 7.94. The molecule has 10 heteroatoms. The molecule has 8 nitrogen and oxygen atoms in total. The predicted molar refractivity (Wildman–Crippen MR) is 119 cm³/mol. The molecule has 1 aromatic heterocycles. The second-order valence-corrected chi connectivity index (χ2v) is 10.2. The second-order valence-electron chi connectivity index (χ2n) is 9.74. The van der Waals surface area contributed by atoms with Crippen molar-refractivity contribution < 1.29 is 24.2 Å². The lowest BCUT2D eigenvalue weighted by atomic mass is 9.95. The molecule has 2 N–H and O–H groups in total. The maximum atomic E-state index is 13.6. The Hall–Kier alpha value is -2.91. The molecule has 178 valence electrons. The van der Waals surface area contributed by atoms with Crippen LogP contribution in [0.25, 0.3) is 0 Å². The summed E-state index contributed by atoms with van der Waals surface area (Å²) < 4.78 is 14.9. The monoisotopic (exact) mass is 487 g/mol. The van der Waals surface area contributed by atoms with E-state index in [1.165, 1.54) is 39.5 Å². The molecule has 6 rings (SSSR count). The van der Waals surface area contributed by atoms with Crippen LogP contribution in [0.1, 0.15) is 58.2 Å². The summed E-state index contributed by atoms with van der Waals surface area (Å²) in [6.07, 6.45) is 1.34. The van der Waals surface area contributed by atoms with Crippen molar-refractivity contribution in [3.8, 4) is 5.75 Å². The maximum absolute atomic E-state index is 13.6. The number of carbonyl (C=O) groups excluding carboxylic acids is 2. The standard InChI is InChI=1S/C24H23ClFN3O5/c1-11(30)28-22(33)19-14-5-7-27(10-12-2-3-17(26)16(25)8-12)21(32)18(14)20(31)23(34)29(19)24(28)6-4-13-9-15(13)24/h2-3,8,11,13,15,30-31H,4-7,9-10H2,1H3/t11-,13-,15+,24-/m0/s1. The van der Waals surface area contributed by atoms with Crippen molar-refractivity contribution in [2.45, 2.75) is 51.0 Å². The third-order valence-corrected chi connectivity index (χ3v) is 8.23. The van der Waals surface area contributed by atoms with Crippen LogP contribution < -0.4 is 5.56 Å². The number of aromatic nitrogens is 1. The molecular formula is C24H23ClFN3O5. The minimum absolute atomic E-state index is 0.0430. The van der Waals surface area contributed by atoms with Crippen LogP contribution in [0.5, 0.6) is 5.75 Å². The number of aliphatic hydroxyl groups is 1. The van der Waals surface area contributed by atoms with Crippen LogP contribution in [-0.4, -0.2) is 49.2 Å². The van der Waals surface area contributed by atoms with Crippen LogP contribution in [0.2, 0.25) is 5.02 Å². The molecule has 2 amide bonds. The molecule has 0 unspecified atom stereocenters. The molecule has 34 heavy (non-hydrogen) atoms. The van der Waals surface area contributed by atoms with Crippen LogP contribution in [0.3, 0.4) is 0 Å². The molecule has 4 aliphatic rings. The van der Waals surface area contributed by atoms with E-state index < -0.39 is 40.8 Å². The number of fused-ring (bicyclic) bond motifs is 6. The number of hydrogen-bond donors (Lipinski definition) is 2. The molecule has 2 aromatic rings. The molecule has 1 aromatic carbocycles. The Morgan fingerprint density at radius 3 is 2.65 bits per heavy atom. The number of rotatable bonds is 3. The Bertz CT molecular complexity index is 1340. The summed E-state index contributed by atoms with van der Waals surface area (Å²) in [4.78, 5) is 43.3. The number of amides is 2. The highest BCUT2D eigenvalue weighted by atomic mass is 35.5. The second kappa shape index (κ2) is 7.05. The zero-order chi connectivity index (χ0) is 24.1. The molecular weight excluding hydrogens is 465 g/mol. The van der Waals surface area contributed by atoms with E-state index in [1.807, 2.05) is 0 Å². The normalized spacial score (nSPS) is 27.8. The van der Waals surface area contributed by atoms with E-state index in [0.717, 1.165) is 12.8 Å². The predicted octanol–water partition coefficient (Wildman–Crippen LogP) is 2.42. The first-order chi connectivity index (χ1) is 16.2. The largest absolute Gasteiger partial charge is 0.502 e. The number of carbonyl (C=O) groups is 2. The fraction of sp³-hybridized carbons (Fsp3) is 0.458. The summed E-state index contributed by atoms with van der Waals surface area (Å²) in [6.45, 7) is 1.85. The topological polar surface area (TPSA) is 103 Å². The van der Waals surface area contributed by atoms with Crippen molar-refractivity contribution >= 4 is 23.4 Å². The van der Waals surface area contributed by atoms with Crippen molar-refractivity contribution in [2.75, 3.05) is 6.54 Å². The Morgan fingerprint density at radius 1 is 1.26 bits per heavy atom. The van der Waals surface area contributed by atoms with E-state index in [4.69, 9.17) is 11.6 Å². The highest BCUT2D eigenvalue weighted by molar-refractivity contribution is 6.30. The fourth-order valence-corrected chi connectivity index (χ4v) is 6.68. The van der Waals surface area contributed by atoms with Crippen LogP contribution >= 0.6 is 11.6 Å². The molecule has 0 saturated heterocycles. The third kappa shape index (κ3) is 2.65. The summed E-state index contributed by atoms with van der Waals surface area (Å²) in [5.74, 6) is -1.88. The van der Waals surface area contributed by atoms with Gasteiger partial charge in [-0.15, -0.1) is 0 Å². The van der Waals surface area contributed by atoms with Crippen LogP contribution in [0.4, 0.5) is 4.39 Å². The van der Waals surface area contributed by atoms with Gasteiger partial charge in [-0.3, -0.25) is 23.9 Å². The average molecular weight is 488 g/mol. The molecule has 3 heterocycles. The highest BCUT2D eigenvalue weighted by Gasteiger charge is 2.68. The lowest BCUT2D eigenvalue weighted by Crippen LogP contribution is -2.54. The molecule has 2 aliphatic heterocycles. The molecule has 4 atom stereocenters. The number of nitrogens with zero attached hydrogens (tertiary/aromatic N) is 3. The van der Waals surface area contributed by atoms with Crippen molar-refractivity contribution in [2.24, 2.45) is 11.8 Å². The van der Waals surface area contributed by atoms with E-state index in [0.29, 0.717) is 23.5 Å². The van der Waals surface area contributed by atoms with E-state index in [2.05, 4.69) is 0 Å². The summed E-state index contributed by atoms with van der Waals surface area (Å²) in [5, 5.41) is 21.4. The molecule has 0 bridgehead atoms. The van der Waals surface area contributed by atoms with Gasteiger partial charge in [0.05, 0.1) is 10.6 Å². The zero-order valence-corrected chi connectivity index (χ0v) is 19.2. The lowest BCUT2D eigenvalue weighted by Gasteiger charge is -2.39.